The van der Waals surface area contributed by atoms with E-state index in [0.717, 1.165) is 0 Å². The van der Waals surface area contributed by atoms with E-state index in [1.807, 2.05) is 13.8 Å². The summed E-state index contributed by atoms with van der Waals surface area (Å²) in [7, 11) is 0. The van der Waals surface area contributed by atoms with E-state index >= 15 is 0 Å². The summed E-state index contributed by atoms with van der Waals surface area (Å²) in [6.45, 7) is 6.28. The van der Waals surface area contributed by atoms with Crippen molar-refractivity contribution >= 4 is 35.2 Å². The summed E-state index contributed by atoms with van der Waals surface area (Å²) < 4.78 is 10.8. The number of carbonyl (C=O) groups is 2. The van der Waals surface area contributed by atoms with Gasteiger partial charge in [-0.25, -0.2) is 4.79 Å². The summed E-state index contributed by atoms with van der Waals surface area (Å²) in [6.07, 6.45) is 0.371. The fourth-order valence-electron chi connectivity index (χ4n) is 2.50. The lowest BCUT2D eigenvalue weighted by Gasteiger charge is -2.22. The van der Waals surface area contributed by atoms with Gasteiger partial charge >= 0.3 is 6.09 Å². The molecule has 6 nitrogen and oxygen atoms in total. The Bertz CT molecular complexity index is 640. The smallest absolute Gasteiger partial charge is 0.409 e. The van der Waals surface area contributed by atoms with Gasteiger partial charge < -0.3 is 19.3 Å². The fraction of sp³-hybridized carbons (Fsp3) is 0.556. The molecule has 0 spiro atoms. The molecule has 1 saturated heterocycles. The van der Waals surface area contributed by atoms with Crippen molar-refractivity contribution in [1.82, 2.24) is 9.80 Å². The van der Waals surface area contributed by atoms with Gasteiger partial charge in [-0.15, -0.1) is 0 Å². The predicted octanol–water partition coefficient (Wildman–Crippen LogP) is 3.70. The van der Waals surface area contributed by atoms with Crippen LogP contribution in [0.2, 0.25) is 10.0 Å². The Kier molecular flexibility index (Phi) is 7.85. The topological polar surface area (TPSA) is 59.1 Å². The third-order valence-corrected chi connectivity index (χ3v) is 4.44. The summed E-state index contributed by atoms with van der Waals surface area (Å²) in [6, 6.07) is 4.85. The highest BCUT2D eigenvalue weighted by atomic mass is 35.5. The van der Waals surface area contributed by atoms with Gasteiger partial charge in [-0.05, 0) is 24.5 Å². The molecule has 1 aromatic carbocycles. The zero-order valence-electron chi connectivity index (χ0n) is 15.0. The zero-order chi connectivity index (χ0) is 19.1. The second-order valence-corrected chi connectivity index (χ2v) is 7.40. The molecule has 8 heteroatoms. The Labute approximate surface area is 163 Å². The molecule has 0 radical (unpaired) electrons. The molecule has 1 aromatic rings. The lowest BCUT2D eigenvalue weighted by molar-refractivity contribution is -0.133. The molecule has 26 heavy (non-hydrogen) atoms. The van der Waals surface area contributed by atoms with Crippen LogP contribution in [0.4, 0.5) is 4.79 Å². The summed E-state index contributed by atoms with van der Waals surface area (Å²) >= 11 is 11.9. The van der Waals surface area contributed by atoms with Crippen molar-refractivity contribution in [3.8, 4) is 5.75 Å². The number of amides is 2. The molecule has 0 atom stereocenters. The van der Waals surface area contributed by atoms with Gasteiger partial charge in [0.25, 0.3) is 5.91 Å². The highest BCUT2D eigenvalue weighted by molar-refractivity contribution is 6.34. The van der Waals surface area contributed by atoms with Crippen molar-refractivity contribution < 1.29 is 19.1 Å². The van der Waals surface area contributed by atoms with Crippen molar-refractivity contribution in [3.63, 3.8) is 0 Å². The van der Waals surface area contributed by atoms with Crippen LogP contribution in [0.15, 0.2) is 18.2 Å². The maximum Gasteiger partial charge on any atom is 0.409 e. The zero-order valence-corrected chi connectivity index (χ0v) is 16.6. The SMILES string of the molecule is CC(C)COC(=O)N1CCCN(C(=O)COc2cc(Cl)ccc2Cl)CC1. The second kappa shape index (κ2) is 9.88. The van der Waals surface area contributed by atoms with Gasteiger partial charge in [-0.1, -0.05) is 37.0 Å². The van der Waals surface area contributed by atoms with E-state index in [1.54, 1.807) is 28.0 Å². The molecule has 0 N–H and O–H groups in total. The van der Waals surface area contributed by atoms with E-state index in [-0.39, 0.29) is 18.6 Å². The highest BCUT2D eigenvalue weighted by Crippen LogP contribution is 2.27. The van der Waals surface area contributed by atoms with Gasteiger partial charge in [0.2, 0.25) is 0 Å². The van der Waals surface area contributed by atoms with E-state index < -0.39 is 0 Å². The summed E-state index contributed by atoms with van der Waals surface area (Å²) in [5, 5.41) is 0.888. The van der Waals surface area contributed by atoms with Crippen LogP contribution in [0.5, 0.6) is 5.75 Å². The molecular weight excluding hydrogens is 379 g/mol. The monoisotopic (exact) mass is 402 g/mol. The van der Waals surface area contributed by atoms with Crippen molar-refractivity contribution in [2.24, 2.45) is 5.92 Å². The number of benzene rings is 1. The van der Waals surface area contributed by atoms with Crippen LogP contribution >= 0.6 is 23.2 Å². The first-order valence-electron chi connectivity index (χ1n) is 8.64. The quantitative estimate of drug-likeness (QED) is 0.753. The normalized spacial score (nSPS) is 15.0. The van der Waals surface area contributed by atoms with Crippen molar-refractivity contribution in [2.75, 3.05) is 39.4 Å². The average molecular weight is 403 g/mol. The van der Waals surface area contributed by atoms with Crippen LogP contribution in [0, 0.1) is 5.92 Å². The maximum atomic E-state index is 12.4. The van der Waals surface area contributed by atoms with E-state index in [0.29, 0.717) is 60.9 Å². The van der Waals surface area contributed by atoms with Crippen LogP contribution in [-0.4, -0.2) is 61.2 Å². The number of carbonyl (C=O) groups excluding carboxylic acids is 2. The largest absolute Gasteiger partial charge is 0.482 e. The molecule has 0 saturated carbocycles. The van der Waals surface area contributed by atoms with Gasteiger partial charge in [0, 0.05) is 37.3 Å². The molecule has 1 heterocycles. The van der Waals surface area contributed by atoms with Gasteiger partial charge in [0.1, 0.15) is 5.75 Å². The second-order valence-electron chi connectivity index (χ2n) is 6.56. The molecular formula is C18H24Cl2N2O4. The first-order valence-corrected chi connectivity index (χ1v) is 9.39. The average Bonchev–Trinajstić information content (AvgIpc) is 2.86. The number of ether oxygens (including phenoxy) is 2. The Morgan fingerprint density at radius 2 is 1.81 bits per heavy atom. The lowest BCUT2D eigenvalue weighted by atomic mass is 10.2. The van der Waals surface area contributed by atoms with E-state index in [9.17, 15) is 9.59 Å². The molecule has 0 aromatic heterocycles. The molecule has 0 aliphatic carbocycles. The fourth-order valence-corrected chi connectivity index (χ4v) is 2.83. The molecule has 1 aliphatic heterocycles. The van der Waals surface area contributed by atoms with E-state index in [1.165, 1.54) is 0 Å². The van der Waals surface area contributed by atoms with Crippen LogP contribution in [0.1, 0.15) is 20.3 Å². The number of nitrogens with zero attached hydrogens (tertiary/aromatic N) is 2. The molecule has 144 valence electrons. The van der Waals surface area contributed by atoms with Crippen LogP contribution in [-0.2, 0) is 9.53 Å². The minimum atomic E-state index is -0.324. The first-order chi connectivity index (χ1) is 12.4. The van der Waals surface area contributed by atoms with Gasteiger partial charge in [-0.2, -0.15) is 0 Å². The third-order valence-electron chi connectivity index (χ3n) is 3.89. The minimum absolute atomic E-state index is 0.127. The van der Waals surface area contributed by atoms with E-state index in [4.69, 9.17) is 32.7 Å². The third kappa shape index (κ3) is 6.25. The van der Waals surface area contributed by atoms with Crippen LogP contribution in [0.25, 0.3) is 0 Å². The number of halogens is 2. The highest BCUT2D eigenvalue weighted by Gasteiger charge is 2.23. The summed E-state index contributed by atoms with van der Waals surface area (Å²) in [4.78, 5) is 27.8. The maximum absolute atomic E-state index is 12.4. The summed E-state index contributed by atoms with van der Waals surface area (Å²) in [5.74, 6) is 0.513. The van der Waals surface area contributed by atoms with Crippen LogP contribution < -0.4 is 4.74 Å². The molecule has 2 amide bonds. The molecule has 0 unspecified atom stereocenters. The molecule has 1 fully saturated rings. The standard InChI is InChI=1S/C18H24Cl2N2O4/c1-13(2)11-26-18(24)22-7-3-6-21(8-9-22)17(23)12-25-16-10-14(19)4-5-15(16)20/h4-5,10,13H,3,6-9,11-12H2,1-2H3. The number of rotatable bonds is 5. The lowest BCUT2D eigenvalue weighted by Crippen LogP contribution is -2.39. The number of hydrogen-bond donors (Lipinski definition) is 0. The minimum Gasteiger partial charge on any atom is -0.482 e. The molecule has 0 bridgehead atoms. The number of hydrogen-bond acceptors (Lipinski definition) is 4. The Hall–Kier alpha value is -1.66. The van der Waals surface area contributed by atoms with Gasteiger partial charge in [0.15, 0.2) is 6.61 Å². The van der Waals surface area contributed by atoms with Gasteiger partial charge in [-0.3, -0.25) is 4.79 Å². The molecule has 1 aliphatic rings. The Morgan fingerprint density at radius 1 is 1.12 bits per heavy atom. The van der Waals surface area contributed by atoms with E-state index in [2.05, 4.69) is 0 Å². The Balaban J connectivity index is 1.83. The van der Waals surface area contributed by atoms with Gasteiger partial charge in [0.05, 0.1) is 11.6 Å². The molecule has 2 rings (SSSR count). The van der Waals surface area contributed by atoms with Crippen molar-refractivity contribution in [3.05, 3.63) is 28.2 Å². The van der Waals surface area contributed by atoms with Crippen molar-refractivity contribution in [1.29, 1.82) is 0 Å². The summed E-state index contributed by atoms with van der Waals surface area (Å²) in [5.41, 5.74) is 0. The first kappa shape index (κ1) is 20.6. The van der Waals surface area contributed by atoms with Crippen LogP contribution in [0.3, 0.4) is 0 Å². The Morgan fingerprint density at radius 3 is 2.54 bits per heavy atom. The van der Waals surface area contributed by atoms with Crippen molar-refractivity contribution in [2.45, 2.75) is 20.3 Å². The predicted molar refractivity (Wildman–Crippen MR) is 101 cm³/mol.